The number of aryl methyl sites for hydroxylation is 2. The van der Waals surface area contributed by atoms with Gasteiger partial charge in [-0.05, 0) is 91.8 Å². The van der Waals surface area contributed by atoms with Gasteiger partial charge in [-0.15, -0.1) is 0 Å². The zero-order chi connectivity index (χ0) is 30.3. The summed E-state index contributed by atoms with van der Waals surface area (Å²) in [7, 11) is 0. The quantitative estimate of drug-likeness (QED) is 0.163. The fraction of sp³-hybridized carbons (Fsp3) is 0.206. The lowest BCUT2D eigenvalue weighted by Gasteiger charge is -2.05. The Morgan fingerprint density at radius 2 is 1.45 bits per heavy atom. The van der Waals surface area contributed by atoms with E-state index in [2.05, 4.69) is 34.6 Å². The van der Waals surface area contributed by atoms with Crippen molar-refractivity contribution in [3.05, 3.63) is 95.1 Å². The molecule has 2 aliphatic heterocycles. The first-order valence-electron chi connectivity index (χ1n) is 13.7. The SMILES string of the molecule is C=CC1=C(C)c2cc3[nH]c(cc4nc(cc5[nH]c(cc1n2)c(C)c5C=C)C(C)=C4CCC(=O)O)c(C(=C)COO)c3C. The van der Waals surface area contributed by atoms with E-state index in [9.17, 15) is 15.2 Å². The fourth-order valence-electron chi connectivity index (χ4n) is 5.77. The molecular weight excluding hydrogens is 528 g/mol. The van der Waals surface area contributed by atoms with Gasteiger partial charge in [0.05, 0.1) is 22.8 Å². The van der Waals surface area contributed by atoms with Gasteiger partial charge >= 0.3 is 5.97 Å². The number of nitrogens with zero attached hydrogens (tertiary/aromatic N) is 2. The van der Waals surface area contributed by atoms with Crippen molar-refractivity contribution in [1.82, 2.24) is 19.9 Å². The molecule has 8 bridgehead atoms. The van der Waals surface area contributed by atoms with E-state index in [0.717, 1.165) is 83.7 Å². The molecule has 0 amide bonds. The molecule has 0 aliphatic carbocycles. The maximum absolute atomic E-state index is 11.5. The molecule has 3 aromatic heterocycles. The monoisotopic (exact) mass is 562 g/mol. The van der Waals surface area contributed by atoms with E-state index in [4.69, 9.17) is 9.97 Å². The van der Waals surface area contributed by atoms with Crippen molar-refractivity contribution in [3.8, 4) is 0 Å². The van der Waals surface area contributed by atoms with Crippen molar-refractivity contribution < 1.29 is 20.0 Å². The van der Waals surface area contributed by atoms with E-state index in [1.54, 1.807) is 0 Å². The van der Waals surface area contributed by atoms with Crippen molar-refractivity contribution in [2.75, 3.05) is 6.61 Å². The maximum atomic E-state index is 11.5. The summed E-state index contributed by atoms with van der Waals surface area (Å²) in [5.41, 5.74) is 14.2. The van der Waals surface area contributed by atoms with Crippen molar-refractivity contribution >= 4 is 62.0 Å². The van der Waals surface area contributed by atoms with Crippen LogP contribution in [0.2, 0.25) is 0 Å². The third-order valence-corrected chi connectivity index (χ3v) is 8.09. The molecule has 2 aliphatic rings. The van der Waals surface area contributed by atoms with Crippen LogP contribution in [0, 0.1) is 13.8 Å². The minimum absolute atomic E-state index is 0.0260. The van der Waals surface area contributed by atoms with Crippen LogP contribution in [-0.4, -0.2) is 42.9 Å². The number of carboxylic acid groups (broad SMARTS) is 1. The van der Waals surface area contributed by atoms with Crippen molar-refractivity contribution in [3.63, 3.8) is 0 Å². The molecule has 0 unspecified atom stereocenters. The van der Waals surface area contributed by atoms with E-state index in [1.807, 2.05) is 64.1 Å². The number of rotatable bonds is 8. The number of aliphatic carboxylic acids is 1. The summed E-state index contributed by atoms with van der Waals surface area (Å²) in [6.07, 6.45) is 3.94. The van der Waals surface area contributed by atoms with Gasteiger partial charge in [0, 0.05) is 45.2 Å². The molecular formula is C34H34N4O4. The predicted molar refractivity (Wildman–Crippen MR) is 170 cm³/mol. The molecule has 0 saturated carbocycles. The number of allylic oxidation sites excluding steroid dienone is 5. The van der Waals surface area contributed by atoms with Crippen LogP contribution >= 0.6 is 0 Å². The zero-order valence-corrected chi connectivity index (χ0v) is 24.3. The number of carboxylic acids is 1. The minimum atomic E-state index is -0.878. The van der Waals surface area contributed by atoms with Gasteiger partial charge in [-0.3, -0.25) is 10.1 Å². The third-order valence-electron chi connectivity index (χ3n) is 8.09. The fourth-order valence-corrected chi connectivity index (χ4v) is 5.77. The second-order valence-electron chi connectivity index (χ2n) is 10.6. The Labute approximate surface area is 244 Å². The largest absolute Gasteiger partial charge is 0.481 e. The lowest BCUT2D eigenvalue weighted by molar-refractivity contribution is -0.229. The highest BCUT2D eigenvalue weighted by Crippen LogP contribution is 2.37. The summed E-state index contributed by atoms with van der Waals surface area (Å²) in [6, 6.07) is 7.90. The van der Waals surface area contributed by atoms with E-state index in [1.165, 1.54) is 0 Å². The highest BCUT2D eigenvalue weighted by atomic mass is 17.1. The van der Waals surface area contributed by atoms with Gasteiger partial charge < -0.3 is 15.1 Å². The highest BCUT2D eigenvalue weighted by Gasteiger charge is 2.21. The van der Waals surface area contributed by atoms with Gasteiger partial charge in [-0.1, -0.05) is 31.9 Å². The zero-order valence-electron chi connectivity index (χ0n) is 24.3. The molecule has 0 saturated heterocycles. The van der Waals surface area contributed by atoms with E-state index >= 15 is 0 Å². The first-order valence-corrected chi connectivity index (χ1v) is 13.7. The van der Waals surface area contributed by atoms with Crippen LogP contribution in [-0.2, 0) is 9.68 Å². The maximum Gasteiger partial charge on any atom is 0.303 e. The second-order valence-corrected chi connectivity index (χ2v) is 10.6. The number of fused-ring (bicyclic) bond motifs is 8. The smallest absolute Gasteiger partial charge is 0.303 e. The van der Waals surface area contributed by atoms with E-state index in [0.29, 0.717) is 17.7 Å². The topological polar surface area (TPSA) is 124 Å². The van der Waals surface area contributed by atoms with Gasteiger partial charge in [-0.25, -0.2) is 14.9 Å². The lowest BCUT2D eigenvalue weighted by Crippen LogP contribution is -1.96. The molecule has 42 heavy (non-hydrogen) atoms. The Morgan fingerprint density at radius 3 is 2.12 bits per heavy atom. The molecule has 5 heterocycles. The predicted octanol–water partition coefficient (Wildman–Crippen LogP) is 7.99. The molecule has 0 fully saturated rings. The summed E-state index contributed by atoms with van der Waals surface area (Å²) >= 11 is 0. The van der Waals surface area contributed by atoms with Gasteiger partial charge in [-0.2, -0.15) is 0 Å². The number of carbonyl (C=O) groups is 1. The molecule has 4 N–H and O–H groups in total. The second kappa shape index (κ2) is 11.2. The van der Waals surface area contributed by atoms with Crippen LogP contribution < -0.4 is 0 Å². The van der Waals surface area contributed by atoms with E-state index in [-0.39, 0.29) is 13.0 Å². The molecule has 5 rings (SSSR count). The average molecular weight is 563 g/mol. The molecule has 8 heteroatoms. The Kier molecular flexibility index (Phi) is 7.69. The first-order chi connectivity index (χ1) is 20.1. The van der Waals surface area contributed by atoms with Gasteiger partial charge in [0.1, 0.15) is 6.61 Å². The summed E-state index contributed by atoms with van der Waals surface area (Å²) in [6.45, 7) is 20.2. The van der Waals surface area contributed by atoms with Crippen LogP contribution in [0.3, 0.4) is 0 Å². The number of aromatic nitrogens is 4. The summed E-state index contributed by atoms with van der Waals surface area (Å²) < 4.78 is 0. The number of nitrogens with one attached hydrogen (secondary N) is 2. The van der Waals surface area contributed by atoms with Gasteiger partial charge in [0.2, 0.25) is 0 Å². The Balaban J connectivity index is 1.97. The molecule has 8 nitrogen and oxygen atoms in total. The number of hydrogen-bond donors (Lipinski definition) is 4. The van der Waals surface area contributed by atoms with Crippen molar-refractivity contribution in [1.29, 1.82) is 0 Å². The van der Waals surface area contributed by atoms with Gasteiger partial charge in [0.25, 0.3) is 0 Å². The molecule has 0 aromatic carbocycles. The van der Waals surface area contributed by atoms with Crippen molar-refractivity contribution in [2.24, 2.45) is 0 Å². The number of H-pyrrole nitrogens is 2. The van der Waals surface area contributed by atoms with Crippen LogP contribution in [0.5, 0.6) is 0 Å². The summed E-state index contributed by atoms with van der Waals surface area (Å²) in [4.78, 5) is 33.0. The van der Waals surface area contributed by atoms with Crippen LogP contribution in [0.4, 0.5) is 0 Å². The third kappa shape index (κ3) is 4.95. The van der Waals surface area contributed by atoms with Gasteiger partial charge in [0.15, 0.2) is 0 Å². The van der Waals surface area contributed by atoms with Crippen LogP contribution in [0.15, 0.2) is 50.1 Å². The Bertz CT molecular complexity index is 1920. The minimum Gasteiger partial charge on any atom is -0.481 e. The highest BCUT2D eigenvalue weighted by molar-refractivity contribution is 5.98. The summed E-state index contributed by atoms with van der Waals surface area (Å²) in [5.74, 6) is -0.878. The molecule has 214 valence electrons. The molecule has 3 aromatic rings. The molecule has 0 radical (unpaired) electrons. The number of hydrogen-bond acceptors (Lipinski definition) is 5. The number of aromatic amines is 2. The van der Waals surface area contributed by atoms with Crippen LogP contribution in [0.1, 0.15) is 71.7 Å². The summed E-state index contributed by atoms with van der Waals surface area (Å²) in [5, 5.41) is 18.7. The molecule has 0 atom stereocenters. The Hall–Kier alpha value is -4.79. The lowest BCUT2D eigenvalue weighted by atomic mass is 10.00. The first kappa shape index (κ1) is 28.7. The van der Waals surface area contributed by atoms with E-state index < -0.39 is 5.97 Å². The molecule has 0 spiro atoms. The average Bonchev–Trinajstić information content (AvgIpc) is 3.60. The standard InChI is InChI=1S/C34H34N4O4/c1-8-22-18(4)25-12-28-21(7)34(17(3)16-42-41)32(38-28)15-31-24(10-11-33(39)40)20(6)27(37-31)14-30-23(9-2)19(5)26(36-30)13-29(22)35-25/h8-9,12-15,36,38,41H,1-3,10-11,16H2,4-7H3,(H,39,40). The van der Waals surface area contributed by atoms with Crippen LogP contribution in [0.25, 0.3) is 56.0 Å². The Morgan fingerprint density at radius 1 is 0.857 bits per heavy atom. The van der Waals surface area contributed by atoms with Crippen molar-refractivity contribution in [2.45, 2.75) is 40.5 Å². The normalized spacial score (nSPS) is 13.1.